The Hall–Kier alpha value is -2.74. The van der Waals surface area contributed by atoms with Crippen molar-refractivity contribution in [3.05, 3.63) is 142 Å². The first-order valence-electron chi connectivity index (χ1n) is 19.2. The average Bonchev–Trinajstić information content (AvgIpc) is 3.64. The Labute approximate surface area is 342 Å². The second-order valence-corrected chi connectivity index (χ2v) is 32.1. The van der Waals surface area contributed by atoms with E-state index in [4.69, 9.17) is 0 Å². The molecule has 0 radical (unpaired) electrons. The van der Waals surface area contributed by atoms with Crippen LogP contribution in [0.15, 0.2) is 103 Å². The fourth-order valence-electron chi connectivity index (χ4n) is 9.21. The van der Waals surface area contributed by atoms with Crippen molar-refractivity contribution in [2.75, 3.05) is 0 Å². The standard InChI is InChI=1S/C47H45.C2H7Si.2ClH.Zr/c1-8-14-30-27-41-37(40-26-29-15-9-10-16-33(29)35-17-11-12-18-36(35)40)19-13-20-39(41)44(30)45-42-28-31-25-32(46(2,3)4)21-22-34(31)38(42)23-24-43(45)47(5,6)7;1-3-2;;;/h9-13,15-23,25-27,44H,8,14,28H2,1-7H3;3H,1-2H3;2*1H;/q;;;;+2/p-2. The Morgan fingerprint density at radius 3 is 2.06 bits per heavy atom. The number of allylic oxidation sites excluding steroid dienone is 1. The van der Waals surface area contributed by atoms with Crippen molar-refractivity contribution in [2.45, 2.75) is 97.6 Å². The smallest absolute Gasteiger partial charge is 1.00 e. The van der Waals surface area contributed by atoms with Crippen LogP contribution in [0.4, 0.5) is 0 Å². The quantitative estimate of drug-likeness (QED) is 0.127. The van der Waals surface area contributed by atoms with Gasteiger partial charge in [-0.15, -0.1) is 0 Å². The molecule has 53 heavy (non-hydrogen) atoms. The van der Waals surface area contributed by atoms with Gasteiger partial charge in [0, 0.05) is 0 Å². The van der Waals surface area contributed by atoms with Gasteiger partial charge in [0.1, 0.15) is 0 Å². The Morgan fingerprint density at radius 2 is 1.38 bits per heavy atom. The molecule has 0 spiro atoms. The molecule has 1 atom stereocenters. The summed E-state index contributed by atoms with van der Waals surface area (Å²) in [4.78, 5) is 0. The Balaban J connectivity index is 0.00000240. The molecule has 0 saturated heterocycles. The fourth-order valence-corrected chi connectivity index (χ4v) is 17.9. The van der Waals surface area contributed by atoms with Gasteiger partial charge in [0.2, 0.25) is 0 Å². The molecule has 270 valence electrons. The first-order chi connectivity index (χ1) is 24.3. The third-order valence-corrected chi connectivity index (χ3v) is 19.7. The molecule has 8 rings (SSSR count). The summed E-state index contributed by atoms with van der Waals surface area (Å²) in [6.45, 7) is 22.1. The molecule has 0 saturated carbocycles. The van der Waals surface area contributed by atoms with Crippen LogP contribution in [0.1, 0.15) is 106 Å². The molecule has 0 amide bonds. The zero-order valence-corrected chi connectivity index (χ0v) is 38.0. The van der Waals surface area contributed by atoms with Crippen LogP contribution in [0.25, 0.3) is 49.9 Å². The van der Waals surface area contributed by atoms with Crippen molar-refractivity contribution < 1.29 is 47.2 Å². The first kappa shape index (κ1) is 39.9. The van der Waals surface area contributed by atoms with Gasteiger partial charge in [0.25, 0.3) is 0 Å². The number of benzene rings is 6. The number of fused-ring (bicyclic) bond motifs is 7. The van der Waals surface area contributed by atoms with Gasteiger partial charge >= 0.3 is 315 Å². The fraction of sp³-hybridized carbons (Fsp3) is 0.306. The molecular formula is C49H52Cl2SiZr. The molecule has 4 heteroatoms. The van der Waals surface area contributed by atoms with Gasteiger partial charge in [-0.25, -0.2) is 0 Å². The van der Waals surface area contributed by atoms with Crippen LogP contribution in [-0.4, -0.2) is 5.92 Å². The zero-order valence-electron chi connectivity index (χ0n) is 32.8. The number of hydrogen-bond donors (Lipinski definition) is 0. The van der Waals surface area contributed by atoms with E-state index in [1.807, 2.05) is 0 Å². The van der Waals surface area contributed by atoms with Crippen LogP contribution in [0.3, 0.4) is 0 Å². The first-order valence-corrected chi connectivity index (χ1v) is 27.6. The molecular weight excluding hydrogens is 779 g/mol. The minimum Gasteiger partial charge on any atom is -1.00 e. The van der Waals surface area contributed by atoms with Gasteiger partial charge in [-0.2, -0.15) is 0 Å². The molecule has 2 aliphatic carbocycles. The topological polar surface area (TPSA) is 0 Å². The predicted molar refractivity (Wildman–Crippen MR) is 222 cm³/mol. The van der Waals surface area contributed by atoms with Crippen molar-refractivity contribution in [3.8, 4) is 22.3 Å². The van der Waals surface area contributed by atoms with E-state index in [-0.39, 0.29) is 35.6 Å². The van der Waals surface area contributed by atoms with Gasteiger partial charge in [-0.1, -0.05) is 6.07 Å². The van der Waals surface area contributed by atoms with E-state index in [2.05, 4.69) is 165 Å². The van der Waals surface area contributed by atoms with Crippen LogP contribution >= 0.6 is 0 Å². The van der Waals surface area contributed by atoms with E-state index in [0.717, 1.165) is 19.3 Å². The van der Waals surface area contributed by atoms with Gasteiger partial charge < -0.3 is 24.8 Å². The number of hydrogen-bond acceptors (Lipinski definition) is 0. The van der Waals surface area contributed by atoms with Crippen molar-refractivity contribution >= 4 is 36.8 Å². The Morgan fingerprint density at radius 1 is 0.679 bits per heavy atom. The maximum absolute atomic E-state index is 2.72. The van der Waals surface area contributed by atoms with Gasteiger partial charge in [-0.3, -0.25) is 0 Å². The van der Waals surface area contributed by atoms with Crippen molar-refractivity contribution in [2.24, 2.45) is 0 Å². The van der Waals surface area contributed by atoms with Crippen LogP contribution in [0.5, 0.6) is 0 Å². The molecule has 0 aromatic heterocycles. The third kappa shape index (κ3) is 7.01. The summed E-state index contributed by atoms with van der Waals surface area (Å²) in [5.41, 5.74) is 18.5. The number of halogens is 2. The molecule has 6 aromatic carbocycles. The average molecular weight is 831 g/mol. The summed E-state index contributed by atoms with van der Waals surface area (Å²) in [7, 11) is 0. The minimum absolute atomic E-state index is 0. The maximum Gasteiger partial charge on any atom is -1.00 e. The molecule has 0 N–H and O–H groups in total. The Kier molecular flexibility index (Phi) is 11.4. The van der Waals surface area contributed by atoms with Crippen LogP contribution in [0.2, 0.25) is 13.1 Å². The van der Waals surface area contributed by atoms with E-state index < -0.39 is 28.3 Å². The van der Waals surface area contributed by atoms with Crippen molar-refractivity contribution in [1.29, 1.82) is 0 Å². The molecule has 0 nitrogen and oxygen atoms in total. The molecule has 0 aliphatic heterocycles. The van der Waals surface area contributed by atoms with E-state index >= 15 is 0 Å². The molecule has 6 aromatic rings. The van der Waals surface area contributed by atoms with Crippen LogP contribution in [-0.2, 0) is 39.6 Å². The minimum atomic E-state index is -0.731. The molecule has 1 unspecified atom stereocenters. The normalized spacial score (nSPS) is 14.7. The van der Waals surface area contributed by atoms with Gasteiger partial charge in [-0.05, 0) is 0 Å². The largest absolute Gasteiger partial charge is 1.00 e. The van der Waals surface area contributed by atoms with Gasteiger partial charge in [0.05, 0.1) is 0 Å². The van der Waals surface area contributed by atoms with E-state index in [1.165, 1.54) is 60.5 Å². The second kappa shape index (κ2) is 15.1. The summed E-state index contributed by atoms with van der Waals surface area (Å²) >= 11 is -0.718. The summed E-state index contributed by atoms with van der Waals surface area (Å²) in [5.74, 6) is -0.440. The monoisotopic (exact) mass is 828 g/mol. The summed E-state index contributed by atoms with van der Waals surface area (Å²) in [6, 6.07) is 37.8. The molecule has 0 heterocycles. The predicted octanol–water partition coefficient (Wildman–Crippen LogP) is 6.85. The second-order valence-electron chi connectivity index (χ2n) is 17.5. The SMILES string of the molecule is CCCC1=Cc2c(-c3cc4ccccc4c4ccccc34)cccc2C1c1c2c(c[c]([Zr+2][SiH](C)C)c1C(C)(C)C)-c1ccc(C(C)(C)C)cc1C2.[Cl-].[Cl-]. The summed E-state index contributed by atoms with van der Waals surface area (Å²) in [6.07, 6.45) is 5.95. The van der Waals surface area contributed by atoms with Crippen molar-refractivity contribution in [3.63, 3.8) is 0 Å². The molecule has 2 aliphatic rings. The van der Waals surface area contributed by atoms with E-state index in [1.54, 1.807) is 31.1 Å². The van der Waals surface area contributed by atoms with E-state index in [9.17, 15) is 0 Å². The third-order valence-electron chi connectivity index (χ3n) is 11.3. The molecule has 0 bridgehead atoms. The Bertz CT molecular complexity index is 2390. The molecule has 0 fully saturated rings. The van der Waals surface area contributed by atoms with Crippen molar-refractivity contribution in [1.82, 2.24) is 0 Å². The number of rotatable bonds is 6. The van der Waals surface area contributed by atoms with Crippen LogP contribution < -0.4 is 28.1 Å². The van der Waals surface area contributed by atoms with Gasteiger partial charge in [0.15, 0.2) is 0 Å². The maximum atomic E-state index is 2.72. The summed E-state index contributed by atoms with van der Waals surface area (Å²) in [5, 5.41) is 5.33. The zero-order chi connectivity index (χ0) is 35.8. The summed E-state index contributed by atoms with van der Waals surface area (Å²) < 4.78 is 1.77. The van der Waals surface area contributed by atoms with E-state index in [0.29, 0.717) is 5.92 Å². The van der Waals surface area contributed by atoms with Crippen LogP contribution in [0, 0.1) is 0 Å².